The Bertz CT molecular complexity index is 684. The summed E-state index contributed by atoms with van der Waals surface area (Å²) in [6.07, 6.45) is -0.291. The van der Waals surface area contributed by atoms with Crippen molar-refractivity contribution in [2.24, 2.45) is 5.92 Å². The normalized spacial score (nSPS) is 26.7. The van der Waals surface area contributed by atoms with Crippen molar-refractivity contribution in [2.75, 3.05) is 12.3 Å². The number of rotatable bonds is 5. The molecule has 4 nitrogen and oxygen atoms in total. The topological polar surface area (TPSA) is 54.4 Å². The summed E-state index contributed by atoms with van der Waals surface area (Å²) in [7, 11) is 0. The Labute approximate surface area is 172 Å². The maximum absolute atomic E-state index is 12.8. The predicted octanol–water partition coefficient (Wildman–Crippen LogP) is 4.97. The summed E-state index contributed by atoms with van der Waals surface area (Å²) in [6, 6.07) is 8.43. The Hall–Kier alpha value is -0.980. The van der Waals surface area contributed by atoms with Crippen LogP contribution in [-0.2, 0) is 16.0 Å². The average molecular weight is 411 g/mol. The number of hydrogen-bond acceptors (Lipinski definition) is 4. The molecule has 1 aromatic carbocycles. The van der Waals surface area contributed by atoms with Crippen LogP contribution in [0.1, 0.15) is 52.2 Å². The van der Waals surface area contributed by atoms with Gasteiger partial charge in [0.2, 0.25) is 0 Å². The second kappa shape index (κ2) is 8.58. The molecule has 2 rings (SSSR count). The molecule has 1 fully saturated rings. The largest absolute Gasteiger partial charge is 0.521 e. The summed E-state index contributed by atoms with van der Waals surface area (Å²) >= 11 is 5.95. The summed E-state index contributed by atoms with van der Waals surface area (Å²) in [4.78, 5) is 24.9. The van der Waals surface area contributed by atoms with Crippen molar-refractivity contribution in [2.45, 2.75) is 63.5 Å². The number of hydrogen-bond donors (Lipinski definition) is 2. The van der Waals surface area contributed by atoms with E-state index in [9.17, 15) is 14.7 Å². The molecule has 2 unspecified atom stereocenters. The zero-order valence-electron chi connectivity index (χ0n) is 16.9. The highest BCUT2D eigenvalue weighted by atomic mass is 32.2. The highest BCUT2D eigenvalue weighted by Crippen LogP contribution is 2.37. The van der Waals surface area contributed by atoms with Crippen molar-refractivity contribution >= 4 is 36.4 Å². The minimum Gasteiger partial charge on any atom is -0.435 e. The van der Waals surface area contributed by atoms with Gasteiger partial charge in [-0.25, -0.2) is 4.79 Å². The van der Waals surface area contributed by atoms with Crippen molar-refractivity contribution < 1.29 is 19.2 Å². The molecule has 1 aliphatic rings. The summed E-state index contributed by atoms with van der Waals surface area (Å²) in [5, 5.41) is 10.0. The molecule has 27 heavy (non-hydrogen) atoms. The van der Waals surface area contributed by atoms with Gasteiger partial charge in [-0.2, -0.15) is 21.9 Å². The Kier molecular flexibility index (Phi) is 7.09. The standard InChI is InChI=1S/C21H31NO3S2/c1-14(12-26)19(23)22(20(24)25)11-18(10-15(22)2)27-13-16-6-8-17(9-7-16)21(3,4)5/h6-9,14-15,18H,10-13H2,1-5H3,(H-,24,25,26)/p+1/t14-,15?,18+,22?/m1/s1. The summed E-state index contributed by atoms with van der Waals surface area (Å²) in [5.41, 5.74) is 2.67. The van der Waals surface area contributed by atoms with Crippen LogP contribution in [0.4, 0.5) is 4.79 Å². The van der Waals surface area contributed by atoms with Crippen molar-refractivity contribution in [3.63, 3.8) is 0 Å². The Balaban J connectivity index is 2.07. The van der Waals surface area contributed by atoms with Gasteiger partial charge in [-0.1, -0.05) is 45.0 Å². The molecule has 0 saturated carbocycles. The van der Waals surface area contributed by atoms with E-state index in [1.807, 2.05) is 6.92 Å². The smallest absolute Gasteiger partial charge is 0.435 e. The fraction of sp³-hybridized carbons (Fsp3) is 0.619. The van der Waals surface area contributed by atoms with Crippen LogP contribution in [0.3, 0.4) is 0 Å². The van der Waals surface area contributed by atoms with Crippen LogP contribution >= 0.6 is 24.4 Å². The van der Waals surface area contributed by atoms with Crippen molar-refractivity contribution in [1.82, 2.24) is 0 Å². The van der Waals surface area contributed by atoms with Gasteiger partial charge in [0.1, 0.15) is 12.6 Å². The van der Waals surface area contributed by atoms with Crippen LogP contribution in [0.5, 0.6) is 0 Å². The number of benzene rings is 1. The van der Waals surface area contributed by atoms with Crippen LogP contribution in [0.2, 0.25) is 0 Å². The van der Waals surface area contributed by atoms with Gasteiger partial charge in [-0.05, 0) is 30.4 Å². The van der Waals surface area contributed by atoms with Crippen molar-refractivity contribution in [3.05, 3.63) is 35.4 Å². The molecule has 1 aliphatic heterocycles. The van der Waals surface area contributed by atoms with Gasteiger partial charge >= 0.3 is 12.0 Å². The number of nitrogens with zero attached hydrogens (tertiary/aromatic N) is 1. The van der Waals surface area contributed by atoms with Gasteiger partial charge in [0, 0.05) is 17.9 Å². The molecule has 4 atom stereocenters. The monoisotopic (exact) mass is 410 g/mol. The Morgan fingerprint density at radius 3 is 2.37 bits per heavy atom. The zero-order chi connectivity index (χ0) is 20.4. The quantitative estimate of drug-likeness (QED) is 0.532. The van der Waals surface area contributed by atoms with Crippen LogP contribution in [0, 0.1) is 5.92 Å². The number of thioether (sulfide) groups is 1. The Morgan fingerprint density at radius 1 is 1.30 bits per heavy atom. The number of imide groups is 1. The molecule has 0 aromatic heterocycles. The minimum absolute atomic E-state index is 0.134. The lowest BCUT2D eigenvalue weighted by Crippen LogP contribution is -2.60. The average Bonchev–Trinajstić information content (AvgIpc) is 2.95. The van der Waals surface area contributed by atoms with Crippen LogP contribution in [0.25, 0.3) is 0 Å². The maximum atomic E-state index is 12.8. The van der Waals surface area contributed by atoms with Crippen LogP contribution < -0.4 is 0 Å². The van der Waals surface area contributed by atoms with Gasteiger partial charge in [-0.3, -0.25) is 0 Å². The van der Waals surface area contributed by atoms with Crippen LogP contribution in [-0.4, -0.2) is 45.2 Å². The first kappa shape index (κ1) is 22.3. The number of carboxylic acid groups (broad SMARTS) is 1. The first-order valence-electron chi connectivity index (χ1n) is 9.50. The third kappa shape index (κ3) is 4.72. The first-order valence-corrected chi connectivity index (χ1v) is 11.2. The van der Waals surface area contributed by atoms with Gasteiger partial charge in [-0.15, -0.1) is 11.8 Å². The lowest BCUT2D eigenvalue weighted by molar-refractivity contribution is -0.793. The molecule has 1 aromatic rings. The lowest BCUT2D eigenvalue weighted by Gasteiger charge is -2.31. The SMILES string of the molecule is CC1C[C@H](SCc2ccc(C(C)(C)C)cc2)C[N+]1(C(=O)O)C(=O)[C@H](C)CS. The minimum atomic E-state index is -1.03. The number of quaternary nitrogens is 1. The van der Waals surface area contributed by atoms with Crippen LogP contribution in [0.15, 0.2) is 24.3 Å². The van der Waals surface area contributed by atoms with Crippen molar-refractivity contribution in [3.8, 4) is 0 Å². The molecule has 1 saturated heterocycles. The van der Waals surface area contributed by atoms with E-state index in [4.69, 9.17) is 0 Å². The molecule has 2 amide bonds. The molecule has 0 bridgehead atoms. The number of likely N-dealkylation sites (tertiary alicyclic amines) is 1. The summed E-state index contributed by atoms with van der Waals surface area (Å²) in [6.45, 7) is 10.6. The number of thiol groups is 1. The van der Waals surface area contributed by atoms with E-state index in [-0.39, 0.29) is 28.5 Å². The van der Waals surface area contributed by atoms with E-state index in [2.05, 4.69) is 57.7 Å². The highest BCUT2D eigenvalue weighted by molar-refractivity contribution is 7.99. The van der Waals surface area contributed by atoms with E-state index < -0.39 is 10.6 Å². The molecular formula is C21H32NO3S2+. The molecule has 0 aliphatic carbocycles. The summed E-state index contributed by atoms with van der Waals surface area (Å²) in [5.74, 6) is 0.623. The van der Waals surface area contributed by atoms with Gasteiger partial charge in [0.15, 0.2) is 0 Å². The second-order valence-electron chi connectivity index (χ2n) is 8.72. The lowest BCUT2D eigenvalue weighted by atomic mass is 9.87. The summed E-state index contributed by atoms with van der Waals surface area (Å²) < 4.78 is -0.456. The Morgan fingerprint density at radius 2 is 1.89 bits per heavy atom. The molecule has 0 radical (unpaired) electrons. The number of carbonyl (C=O) groups is 2. The predicted molar refractivity (Wildman–Crippen MR) is 115 cm³/mol. The highest BCUT2D eigenvalue weighted by Gasteiger charge is 2.57. The first-order chi connectivity index (χ1) is 12.5. The number of carbonyl (C=O) groups excluding carboxylic acids is 1. The van der Waals surface area contributed by atoms with Gasteiger partial charge in [0.05, 0.1) is 11.2 Å². The van der Waals surface area contributed by atoms with E-state index in [0.717, 1.165) is 12.2 Å². The molecule has 0 spiro atoms. The molecule has 1 heterocycles. The molecule has 6 heteroatoms. The third-order valence-corrected chi connectivity index (χ3v) is 7.44. The molecule has 150 valence electrons. The second-order valence-corrected chi connectivity index (χ2v) is 10.4. The van der Waals surface area contributed by atoms with E-state index >= 15 is 0 Å². The molecule has 1 N–H and O–H groups in total. The zero-order valence-corrected chi connectivity index (χ0v) is 18.6. The van der Waals surface area contributed by atoms with E-state index in [1.54, 1.807) is 18.7 Å². The molecular weight excluding hydrogens is 378 g/mol. The van der Waals surface area contributed by atoms with E-state index in [1.165, 1.54) is 11.1 Å². The maximum Gasteiger partial charge on any atom is 0.521 e. The third-order valence-electron chi connectivity index (χ3n) is 5.58. The van der Waals surface area contributed by atoms with E-state index in [0.29, 0.717) is 12.3 Å². The fourth-order valence-electron chi connectivity index (χ4n) is 3.71. The van der Waals surface area contributed by atoms with Gasteiger partial charge < -0.3 is 5.11 Å². The number of amides is 2. The van der Waals surface area contributed by atoms with Crippen molar-refractivity contribution in [1.29, 1.82) is 0 Å². The van der Waals surface area contributed by atoms with Gasteiger partial charge in [0.25, 0.3) is 0 Å². The fourth-order valence-corrected chi connectivity index (χ4v) is 5.24.